The van der Waals surface area contributed by atoms with Crippen LogP contribution in [0.3, 0.4) is 0 Å². The number of nitrogens with two attached hydrogens (primary N) is 1. The standard InChI is InChI=1S/C6H10F2N2O2/c1-2-12-5(11)3-4(10-9)6(7)8/h6H,2-3,9H2,1H3/b10-4-. The quantitative estimate of drug-likeness (QED) is 0.297. The molecule has 0 saturated carbocycles. The zero-order valence-electron chi connectivity index (χ0n) is 6.59. The van der Waals surface area contributed by atoms with Gasteiger partial charge in [0, 0.05) is 0 Å². The summed E-state index contributed by atoms with van der Waals surface area (Å²) >= 11 is 0. The molecule has 0 rings (SSSR count). The van der Waals surface area contributed by atoms with E-state index in [0.717, 1.165) is 0 Å². The first-order valence-electron chi connectivity index (χ1n) is 3.32. The van der Waals surface area contributed by atoms with E-state index in [0.29, 0.717) is 0 Å². The zero-order valence-corrected chi connectivity index (χ0v) is 6.59. The molecule has 0 aromatic carbocycles. The molecule has 0 heterocycles. The molecule has 0 aliphatic heterocycles. The molecule has 0 bridgehead atoms. The summed E-state index contributed by atoms with van der Waals surface area (Å²) in [5.41, 5.74) is -0.659. The summed E-state index contributed by atoms with van der Waals surface area (Å²) in [6.07, 6.45) is -3.36. The van der Waals surface area contributed by atoms with Crippen molar-refractivity contribution in [2.45, 2.75) is 19.8 Å². The van der Waals surface area contributed by atoms with E-state index in [4.69, 9.17) is 0 Å². The Kier molecular flexibility index (Phi) is 4.91. The van der Waals surface area contributed by atoms with E-state index >= 15 is 0 Å². The third-order valence-corrected chi connectivity index (χ3v) is 1.05. The van der Waals surface area contributed by atoms with Gasteiger partial charge in [-0.1, -0.05) is 0 Å². The van der Waals surface area contributed by atoms with E-state index in [9.17, 15) is 13.6 Å². The van der Waals surface area contributed by atoms with E-state index in [1.807, 2.05) is 0 Å². The largest absolute Gasteiger partial charge is 0.466 e. The number of esters is 1. The number of rotatable bonds is 4. The van der Waals surface area contributed by atoms with Gasteiger partial charge < -0.3 is 10.6 Å². The maximum atomic E-state index is 11.9. The molecule has 6 heteroatoms. The van der Waals surface area contributed by atoms with Crippen molar-refractivity contribution in [2.75, 3.05) is 6.61 Å². The SMILES string of the molecule is CCOC(=O)C/C(=N/N)C(F)F. The topological polar surface area (TPSA) is 64.7 Å². The fourth-order valence-corrected chi connectivity index (χ4v) is 0.539. The number of nitrogens with zero attached hydrogens (tertiary/aromatic N) is 1. The van der Waals surface area contributed by atoms with Gasteiger partial charge in [-0.2, -0.15) is 5.10 Å². The van der Waals surface area contributed by atoms with Crippen LogP contribution in [0.25, 0.3) is 0 Å². The number of carbonyl (C=O) groups excluding carboxylic acids is 1. The molecule has 0 aliphatic carbocycles. The summed E-state index contributed by atoms with van der Waals surface area (Å²) in [5.74, 6) is 3.87. The van der Waals surface area contributed by atoms with Gasteiger partial charge in [-0.05, 0) is 6.92 Å². The number of ether oxygens (including phenoxy) is 1. The third kappa shape index (κ3) is 3.85. The summed E-state index contributed by atoms with van der Waals surface area (Å²) in [5, 5.41) is 2.78. The second-order valence-electron chi connectivity index (χ2n) is 1.90. The van der Waals surface area contributed by atoms with E-state index in [1.165, 1.54) is 0 Å². The van der Waals surface area contributed by atoms with Crippen LogP contribution in [0.4, 0.5) is 8.78 Å². The van der Waals surface area contributed by atoms with E-state index < -0.39 is 24.5 Å². The number of hydrogen-bond donors (Lipinski definition) is 1. The first-order valence-corrected chi connectivity index (χ1v) is 3.32. The van der Waals surface area contributed by atoms with Crippen molar-refractivity contribution in [3.63, 3.8) is 0 Å². The highest BCUT2D eigenvalue weighted by Crippen LogP contribution is 2.01. The number of hydrogen-bond acceptors (Lipinski definition) is 4. The molecule has 2 N–H and O–H groups in total. The normalized spacial score (nSPS) is 11.8. The van der Waals surface area contributed by atoms with Gasteiger partial charge in [0.15, 0.2) is 0 Å². The Bertz CT molecular complexity index is 182. The number of halogens is 2. The second-order valence-corrected chi connectivity index (χ2v) is 1.90. The lowest BCUT2D eigenvalue weighted by Crippen LogP contribution is -2.19. The molecule has 0 fully saturated rings. The zero-order chi connectivity index (χ0) is 9.56. The third-order valence-electron chi connectivity index (χ3n) is 1.05. The fraction of sp³-hybridized carbons (Fsp3) is 0.667. The second kappa shape index (κ2) is 5.45. The Labute approximate surface area is 68.4 Å². The van der Waals surface area contributed by atoms with Crippen LogP contribution in [0.15, 0.2) is 5.10 Å². The summed E-state index contributed by atoms with van der Waals surface area (Å²) < 4.78 is 28.2. The molecule has 0 atom stereocenters. The number of alkyl halides is 2. The lowest BCUT2D eigenvalue weighted by Gasteiger charge is -2.02. The summed E-state index contributed by atoms with van der Waals surface area (Å²) in [4.78, 5) is 10.6. The first-order chi connectivity index (χ1) is 5.61. The van der Waals surface area contributed by atoms with Gasteiger partial charge in [0.1, 0.15) is 5.71 Å². The number of carbonyl (C=O) groups is 1. The molecule has 0 spiro atoms. The van der Waals surface area contributed by atoms with E-state index in [1.54, 1.807) is 6.92 Å². The van der Waals surface area contributed by atoms with Gasteiger partial charge in [-0.25, -0.2) is 8.78 Å². The molecule has 0 radical (unpaired) electrons. The Hall–Kier alpha value is -1.20. The summed E-state index contributed by atoms with van der Waals surface area (Å²) in [6, 6.07) is 0. The van der Waals surface area contributed by atoms with Crippen molar-refractivity contribution in [3.05, 3.63) is 0 Å². The number of hydrazone groups is 1. The Morgan fingerprint density at radius 3 is 2.58 bits per heavy atom. The molecule has 12 heavy (non-hydrogen) atoms. The van der Waals surface area contributed by atoms with Crippen molar-refractivity contribution < 1.29 is 18.3 Å². The van der Waals surface area contributed by atoms with Crippen molar-refractivity contribution >= 4 is 11.7 Å². The maximum Gasteiger partial charge on any atom is 0.311 e. The van der Waals surface area contributed by atoms with Gasteiger partial charge in [0.05, 0.1) is 13.0 Å². The van der Waals surface area contributed by atoms with Crippen LogP contribution in [0.5, 0.6) is 0 Å². The van der Waals surface area contributed by atoms with E-state index in [-0.39, 0.29) is 6.61 Å². The molecular weight excluding hydrogens is 170 g/mol. The minimum absolute atomic E-state index is 0.153. The van der Waals surface area contributed by atoms with Crippen LogP contribution < -0.4 is 5.84 Å². The summed E-state index contributed by atoms with van der Waals surface area (Å²) in [7, 11) is 0. The van der Waals surface area contributed by atoms with Crippen LogP contribution >= 0.6 is 0 Å². The molecule has 0 unspecified atom stereocenters. The van der Waals surface area contributed by atoms with E-state index in [2.05, 4.69) is 15.7 Å². The average molecular weight is 180 g/mol. The van der Waals surface area contributed by atoms with Gasteiger partial charge in [0.2, 0.25) is 0 Å². The smallest absolute Gasteiger partial charge is 0.311 e. The fourth-order valence-electron chi connectivity index (χ4n) is 0.539. The van der Waals surface area contributed by atoms with Gasteiger partial charge >= 0.3 is 5.97 Å². The average Bonchev–Trinajstić information content (AvgIpc) is 2.00. The van der Waals surface area contributed by atoms with Crippen molar-refractivity contribution in [1.29, 1.82) is 0 Å². The minimum atomic E-state index is -2.81. The minimum Gasteiger partial charge on any atom is -0.466 e. The van der Waals surface area contributed by atoms with Crippen molar-refractivity contribution in [3.8, 4) is 0 Å². The maximum absolute atomic E-state index is 11.9. The Morgan fingerprint density at radius 1 is 1.67 bits per heavy atom. The van der Waals surface area contributed by atoms with Gasteiger partial charge in [0.25, 0.3) is 6.43 Å². The van der Waals surface area contributed by atoms with Crippen LogP contribution in [0, 0.1) is 0 Å². The molecule has 70 valence electrons. The van der Waals surface area contributed by atoms with Gasteiger partial charge in [-0.3, -0.25) is 4.79 Å². The predicted molar refractivity (Wildman–Crippen MR) is 38.9 cm³/mol. The Balaban J connectivity index is 3.96. The highest BCUT2D eigenvalue weighted by atomic mass is 19.3. The summed E-state index contributed by atoms with van der Waals surface area (Å²) in [6.45, 7) is 1.74. The first kappa shape index (κ1) is 10.8. The highest BCUT2D eigenvalue weighted by molar-refractivity contribution is 6.00. The molecule has 0 saturated heterocycles. The lowest BCUT2D eigenvalue weighted by molar-refractivity contribution is -0.141. The molecule has 0 amide bonds. The monoisotopic (exact) mass is 180 g/mol. The molecule has 0 aliphatic rings. The van der Waals surface area contributed by atoms with Crippen LogP contribution in [-0.2, 0) is 9.53 Å². The predicted octanol–water partition coefficient (Wildman–Crippen LogP) is 0.519. The highest BCUT2D eigenvalue weighted by Gasteiger charge is 2.17. The molecule has 0 aromatic heterocycles. The lowest BCUT2D eigenvalue weighted by atomic mass is 10.3. The molecule has 0 aromatic rings. The van der Waals surface area contributed by atoms with Crippen LogP contribution in [-0.4, -0.2) is 24.7 Å². The van der Waals surface area contributed by atoms with Crippen LogP contribution in [0.2, 0.25) is 0 Å². The molecular formula is C6H10F2N2O2. The van der Waals surface area contributed by atoms with Crippen molar-refractivity contribution in [1.82, 2.24) is 0 Å². The Morgan fingerprint density at radius 2 is 2.25 bits per heavy atom. The molecule has 4 nitrogen and oxygen atoms in total. The van der Waals surface area contributed by atoms with Crippen molar-refractivity contribution in [2.24, 2.45) is 10.9 Å². The van der Waals surface area contributed by atoms with Gasteiger partial charge in [-0.15, -0.1) is 0 Å². The van der Waals surface area contributed by atoms with Crippen LogP contribution in [0.1, 0.15) is 13.3 Å².